The van der Waals surface area contributed by atoms with E-state index in [1.54, 1.807) is 4.90 Å². The molecular weight excluding hydrogens is 234 g/mol. The molecule has 1 amide bonds. The number of rotatable bonds is 1. The Balaban J connectivity index is 2.42. The Kier molecular flexibility index (Phi) is 3.13. The van der Waals surface area contributed by atoms with Crippen LogP contribution >= 0.6 is 11.6 Å². The summed E-state index contributed by atoms with van der Waals surface area (Å²) in [7, 11) is 0. The van der Waals surface area contributed by atoms with Crippen molar-refractivity contribution in [1.29, 1.82) is 0 Å². The van der Waals surface area contributed by atoms with Gasteiger partial charge in [-0.1, -0.05) is 11.6 Å². The molecule has 1 aliphatic heterocycles. The van der Waals surface area contributed by atoms with Crippen LogP contribution in [0.25, 0.3) is 0 Å². The molecule has 1 atom stereocenters. The lowest BCUT2D eigenvalue weighted by molar-refractivity contribution is -0.117. The maximum absolute atomic E-state index is 11.9. The third-order valence-electron chi connectivity index (χ3n) is 3.09. The van der Waals surface area contributed by atoms with Gasteiger partial charge >= 0.3 is 0 Å². The highest BCUT2D eigenvalue weighted by Gasteiger charge is 2.31. The molecule has 0 bridgehead atoms. The average Bonchev–Trinajstić information content (AvgIpc) is 2.59. The number of hydrogen-bond donors (Lipinski definition) is 0. The topological polar surface area (TPSA) is 20.3 Å². The highest BCUT2D eigenvalue weighted by atomic mass is 35.5. The fraction of sp³-hybridized carbons (Fsp3) is 0.357. The van der Waals surface area contributed by atoms with Gasteiger partial charge in [-0.2, -0.15) is 0 Å². The molecule has 1 aromatic rings. The first-order valence-corrected chi connectivity index (χ1v) is 5.94. The van der Waals surface area contributed by atoms with E-state index in [4.69, 9.17) is 18.0 Å². The van der Waals surface area contributed by atoms with Crippen molar-refractivity contribution in [3.63, 3.8) is 0 Å². The molecule has 0 spiro atoms. The van der Waals surface area contributed by atoms with E-state index < -0.39 is 0 Å². The van der Waals surface area contributed by atoms with Crippen LogP contribution in [0.3, 0.4) is 0 Å². The molecule has 0 saturated carbocycles. The number of anilines is 1. The Morgan fingerprint density at radius 2 is 2.00 bits per heavy atom. The van der Waals surface area contributed by atoms with Crippen molar-refractivity contribution in [3.8, 4) is 12.3 Å². The van der Waals surface area contributed by atoms with E-state index in [9.17, 15) is 4.79 Å². The molecule has 1 unspecified atom stereocenters. The zero-order chi connectivity index (χ0) is 12.6. The van der Waals surface area contributed by atoms with Crippen molar-refractivity contribution in [2.24, 2.45) is 5.92 Å². The maximum atomic E-state index is 11.9. The standard InChI is InChI=1S/C14H14ClNO/c1-4-11-7-13(17)16(8-11)14-9(2)5-12(15)6-10(14)3/h1,5-6,11H,7-8H2,2-3H3. The van der Waals surface area contributed by atoms with Gasteiger partial charge < -0.3 is 4.90 Å². The first-order valence-electron chi connectivity index (χ1n) is 5.56. The minimum absolute atomic E-state index is 0.0250. The lowest BCUT2D eigenvalue weighted by Crippen LogP contribution is -2.26. The summed E-state index contributed by atoms with van der Waals surface area (Å²) in [6, 6.07) is 3.75. The molecule has 3 heteroatoms. The van der Waals surface area contributed by atoms with Gasteiger partial charge in [0.05, 0.1) is 0 Å². The minimum Gasteiger partial charge on any atom is -0.311 e. The Morgan fingerprint density at radius 1 is 1.41 bits per heavy atom. The number of carbonyl (C=O) groups is 1. The summed E-state index contributed by atoms with van der Waals surface area (Å²) in [6.45, 7) is 4.54. The van der Waals surface area contributed by atoms with Gasteiger partial charge in [0, 0.05) is 29.6 Å². The molecule has 2 nitrogen and oxygen atoms in total. The molecule has 1 aliphatic rings. The van der Waals surface area contributed by atoms with Crippen LogP contribution in [0.15, 0.2) is 12.1 Å². The zero-order valence-corrected chi connectivity index (χ0v) is 10.7. The number of terminal acetylenes is 1. The van der Waals surface area contributed by atoms with Gasteiger partial charge in [0.25, 0.3) is 0 Å². The predicted molar refractivity (Wildman–Crippen MR) is 70.2 cm³/mol. The number of amides is 1. The summed E-state index contributed by atoms with van der Waals surface area (Å²) < 4.78 is 0. The van der Waals surface area contributed by atoms with Crippen LogP contribution in [-0.2, 0) is 4.79 Å². The van der Waals surface area contributed by atoms with Gasteiger partial charge in [0.2, 0.25) is 5.91 Å². The van der Waals surface area contributed by atoms with Crippen molar-refractivity contribution < 1.29 is 4.79 Å². The maximum Gasteiger partial charge on any atom is 0.228 e. The summed E-state index contributed by atoms with van der Waals surface area (Å²) in [5, 5.41) is 0.698. The van der Waals surface area contributed by atoms with Crippen LogP contribution < -0.4 is 4.90 Å². The van der Waals surface area contributed by atoms with Crippen LogP contribution in [0.5, 0.6) is 0 Å². The summed E-state index contributed by atoms with van der Waals surface area (Å²) in [5.41, 5.74) is 2.99. The average molecular weight is 248 g/mol. The number of aryl methyl sites for hydroxylation is 2. The second-order valence-corrected chi connectivity index (χ2v) is 4.90. The fourth-order valence-corrected chi connectivity index (χ4v) is 2.69. The molecule has 1 aromatic carbocycles. The SMILES string of the molecule is C#CC1CC(=O)N(c2c(C)cc(Cl)cc2C)C1. The van der Waals surface area contributed by atoms with E-state index >= 15 is 0 Å². The van der Waals surface area contributed by atoms with Gasteiger partial charge in [-0.25, -0.2) is 0 Å². The van der Waals surface area contributed by atoms with Crippen molar-refractivity contribution in [2.75, 3.05) is 11.4 Å². The van der Waals surface area contributed by atoms with Gasteiger partial charge in [-0.3, -0.25) is 4.79 Å². The molecule has 88 valence electrons. The van der Waals surface area contributed by atoms with E-state index in [0.717, 1.165) is 16.8 Å². The van der Waals surface area contributed by atoms with Crippen molar-refractivity contribution in [1.82, 2.24) is 0 Å². The van der Waals surface area contributed by atoms with Gasteiger partial charge in [0.15, 0.2) is 0 Å². The summed E-state index contributed by atoms with van der Waals surface area (Å²) in [6.07, 6.45) is 5.83. The Bertz CT molecular complexity index is 492. The molecule has 0 aliphatic carbocycles. The molecule has 0 aromatic heterocycles. The van der Waals surface area contributed by atoms with Gasteiger partial charge in [0.1, 0.15) is 0 Å². The van der Waals surface area contributed by atoms with E-state index in [1.807, 2.05) is 26.0 Å². The van der Waals surface area contributed by atoms with E-state index in [2.05, 4.69) is 5.92 Å². The lowest BCUT2D eigenvalue weighted by Gasteiger charge is -2.21. The lowest BCUT2D eigenvalue weighted by atomic mass is 10.1. The Hall–Kier alpha value is -1.46. The fourth-order valence-electron chi connectivity index (χ4n) is 2.36. The molecule has 1 fully saturated rings. The van der Waals surface area contributed by atoms with E-state index in [0.29, 0.717) is 18.0 Å². The van der Waals surface area contributed by atoms with E-state index in [1.165, 1.54) is 0 Å². The molecule has 1 saturated heterocycles. The number of benzene rings is 1. The van der Waals surface area contributed by atoms with Crippen molar-refractivity contribution in [3.05, 3.63) is 28.3 Å². The molecule has 1 heterocycles. The van der Waals surface area contributed by atoms with Crippen LogP contribution in [0, 0.1) is 32.1 Å². The van der Waals surface area contributed by atoms with Crippen LogP contribution in [0.4, 0.5) is 5.69 Å². The number of carbonyl (C=O) groups excluding carboxylic acids is 1. The second kappa shape index (κ2) is 4.43. The number of hydrogen-bond acceptors (Lipinski definition) is 1. The quantitative estimate of drug-likeness (QED) is 0.699. The molecule has 2 rings (SSSR count). The van der Waals surface area contributed by atoms with Crippen LogP contribution in [-0.4, -0.2) is 12.5 Å². The second-order valence-electron chi connectivity index (χ2n) is 4.46. The van der Waals surface area contributed by atoms with Crippen molar-refractivity contribution in [2.45, 2.75) is 20.3 Å². The summed E-state index contributed by atoms with van der Waals surface area (Å²) >= 11 is 5.99. The third kappa shape index (κ3) is 2.16. The van der Waals surface area contributed by atoms with Crippen molar-refractivity contribution >= 4 is 23.2 Å². The largest absolute Gasteiger partial charge is 0.311 e. The van der Waals surface area contributed by atoms with Crippen LogP contribution in [0.1, 0.15) is 17.5 Å². The Labute approximate surface area is 107 Å². The number of nitrogens with zero attached hydrogens (tertiary/aromatic N) is 1. The normalized spacial score (nSPS) is 19.5. The molecular formula is C14H14ClNO. The monoisotopic (exact) mass is 247 g/mol. The van der Waals surface area contributed by atoms with E-state index in [-0.39, 0.29) is 11.8 Å². The van der Waals surface area contributed by atoms with Gasteiger partial charge in [-0.05, 0) is 37.1 Å². The molecule has 0 radical (unpaired) electrons. The van der Waals surface area contributed by atoms with Gasteiger partial charge in [-0.15, -0.1) is 12.3 Å². The predicted octanol–water partition coefficient (Wildman–Crippen LogP) is 2.94. The smallest absolute Gasteiger partial charge is 0.228 e. The highest BCUT2D eigenvalue weighted by molar-refractivity contribution is 6.30. The van der Waals surface area contributed by atoms with Crippen LogP contribution in [0.2, 0.25) is 5.02 Å². The Morgan fingerprint density at radius 3 is 2.47 bits per heavy atom. The third-order valence-corrected chi connectivity index (χ3v) is 3.30. The summed E-state index contributed by atoms with van der Waals surface area (Å²) in [4.78, 5) is 13.7. The first kappa shape index (κ1) is 12.0. The summed E-state index contributed by atoms with van der Waals surface area (Å²) in [5.74, 6) is 2.78. The highest BCUT2D eigenvalue weighted by Crippen LogP contribution is 2.32. The zero-order valence-electron chi connectivity index (χ0n) is 9.96. The molecule has 0 N–H and O–H groups in total. The first-order chi connectivity index (χ1) is 8.02. The molecule has 17 heavy (non-hydrogen) atoms. The number of halogens is 1. The minimum atomic E-state index is 0.0250.